The van der Waals surface area contributed by atoms with Gasteiger partial charge >= 0.3 is 5.97 Å². The summed E-state index contributed by atoms with van der Waals surface area (Å²) in [5.74, 6) is 0.206. The topological polar surface area (TPSA) is 68.7 Å². The molecule has 1 N–H and O–H groups in total. The first-order chi connectivity index (χ1) is 9.25. The van der Waals surface area contributed by atoms with Gasteiger partial charge in [0.2, 0.25) is 0 Å². The SMILES string of the molecule is O=C(O)c1cccc(OCCOc2cccnc2)c1. The number of rotatable bonds is 6. The minimum Gasteiger partial charge on any atom is -0.490 e. The third-order valence-corrected chi connectivity index (χ3v) is 2.34. The second-order valence-corrected chi connectivity index (χ2v) is 3.72. The molecule has 0 spiro atoms. The van der Waals surface area contributed by atoms with Crippen LogP contribution in [0, 0.1) is 0 Å². The Labute approximate surface area is 110 Å². The van der Waals surface area contributed by atoms with Crippen molar-refractivity contribution >= 4 is 5.97 Å². The molecule has 0 unspecified atom stereocenters. The zero-order valence-corrected chi connectivity index (χ0v) is 10.2. The maximum Gasteiger partial charge on any atom is 0.335 e. The van der Waals surface area contributed by atoms with Crippen molar-refractivity contribution < 1.29 is 19.4 Å². The summed E-state index contributed by atoms with van der Waals surface area (Å²) < 4.78 is 10.8. The third kappa shape index (κ3) is 3.99. The van der Waals surface area contributed by atoms with Gasteiger partial charge < -0.3 is 14.6 Å². The largest absolute Gasteiger partial charge is 0.490 e. The average Bonchev–Trinajstić information content (AvgIpc) is 2.45. The molecule has 0 aliphatic rings. The van der Waals surface area contributed by atoms with Crippen LogP contribution in [-0.2, 0) is 0 Å². The first kappa shape index (κ1) is 12.9. The number of hydrogen-bond acceptors (Lipinski definition) is 4. The Balaban J connectivity index is 1.80. The highest BCUT2D eigenvalue weighted by Crippen LogP contribution is 2.13. The lowest BCUT2D eigenvalue weighted by Gasteiger charge is -2.08. The summed E-state index contributed by atoms with van der Waals surface area (Å²) in [6.45, 7) is 0.695. The van der Waals surface area contributed by atoms with E-state index in [-0.39, 0.29) is 5.56 Å². The average molecular weight is 259 g/mol. The molecular weight excluding hydrogens is 246 g/mol. The number of pyridine rings is 1. The van der Waals surface area contributed by atoms with E-state index in [1.54, 1.807) is 36.7 Å². The smallest absolute Gasteiger partial charge is 0.335 e. The highest BCUT2D eigenvalue weighted by Gasteiger charge is 2.03. The van der Waals surface area contributed by atoms with E-state index in [2.05, 4.69) is 4.98 Å². The number of aromatic nitrogens is 1. The normalized spacial score (nSPS) is 9.89. The Bertz CT molecular complexity index is 542. The Hall–Kier alpha value is -2.56. The van der Waals surface area contributed by atoms with Gasteiger partial charge in [-0.3, -0.25) is 4.98 Å². The molecule has 1 aromatic carbocycles. The van der Waals surface area contributed by atoms with Crippen LogP contribution in [0.5, 0.6) is 11.5 Å². The van der Waals surface area contributed by atoms with E-state index in [9.17, 15) is 4.79 Å². The van der Waals surface area contributed by atoms with E-state index in [0.717, 1.165) is 0 Å². The first-order valence-electron chi connectivity index (χ1n) is 5.75. The van der Waals surface area contributed by atoms with Gasteiger partial charge in [-0.15, -0.1) is 0 Å². The van der Waals surface area contributed by atoms with Crippen LogP contribution in [0.1, 0.15) is 10.4 Å². The molecule has 5 heteroatoms. The van der Waals surface area contributed by atoms with Gasteiger partial charge in [0.1, 0.15) is 24.7 Å². The number of carbonyl (C=O) groups is 1. The molecule has 0 saturated heterocycles. The van der Waals surface area contributed by atoms with Crippen LogP contribution in [0.15, 0.2) is 48.8 Å². The van der Waals surface area contributed by atoms with Crippen LogP contribution < -0.4 is 9.47 Å². The highest BCUT2D eigenvalue weighted by atomic mass is 16.5. The summed E-state index contributed by atoms with van der Waals surface area (Å²) in [4.78, 5) is 14.7. The summed E-state index contributed by atoms with van der Waals surface area (Å²) in [6.07, 6.45) is 3.28. The van der Waals surface area contributed by atoms with Crippen LogP contribution >= 0.6 is 0 Å². The van der Waals surface area contributed by atoms with Gasteiger partial charge in [-0.25, -0.2) is 4.79 Å². The Morgan fingerprint density at radius 1 is 1.11 bits per heavy atom. The summed E-state index contributed by atoms with van der Waals surface area (Å²) in [6, 6.07) is 9.93. The molecule has 98 valence electrons. The standard InChI is InChI=1S/C14H13NO4/c16-14(17)11-3-1-4-12(9-11)18-7-8-19-13-5-2-6-15-10-13/h1-6,9-10H,7-8H2,(H,16,17). The molecule has 0 fully saturated rings. The monoisotopic (exact) mass is 259 g/mol. The molecule has 5 nitrogen and oxygen atoms in total. The maximum atomic E-state index is 10.8. The van der Waals surface area contributed by atoms with Gasteiger partial charge in [-0.1, -0.05) is 6.07 Å². The molecule has 0 radical (unpaired) electrons. The molecular formula is C14H13NO4. The van der Waals surface area contributed by atoms with Crippen molar-refractivity contribution in [2.75, 3.05) is 13.2 Å². The quantitative estimate of drug-likeness (QED) is 0.806. The fraction of sp³-hybridized carbons (Fsp3) is 0.143. The number of nitrogens with zero attached hydrogens (tertiary/aromatic N) is 1. The lowest BCUT2D eigenvalue weighted by Crippen LogP contribution is -2.09. The second-order valence-electron chi connectivity index (χ2n) is 3.72. The maximum absolute atomic E-state index is 10.8. The lowest BCUT2D eigenvalue weighted by molar-refractivity contribution is 0.0696. The van der Waals surface area contributed by atoms with E-state index in [0.29, 0.717) is 24.7 Å². The summed E-state index contributed by atoms with van der Waals surface area (Å²) in [7, 11) is 0. The van der Waals surface area contributed by atoms with Crippen LogP contribution in [0.2, 0.25) is 0 Å². The first-order valence-corrected chi connectivity index (χ1v) is 5.75. The predicted octanol–water partition coefficient (Wildman–Crippen LogP) is 2.24. The van der Waals surface area contributed by atoms with E-state index >= 15 is 0 Å². The van der Waals surface area contributed by atoms with Crippen molar-refractivity contribution in [2.45, 2.75) is 0 Å². The molecule has 2 rings (SSSR count). The molecule has 0 amide bonds. The number of carboxylic acids is 1. The lowest BCUT2D eigenvalue weighted by atomic mass is 10.2. The van der Waals surface area contributed by atoms with Crippen molar-refractivity contribution in [2.24, 2.45) is 0 Å². The van der Waals surface area contributed by atoms with Gasteiger partial charge in [0.25, 0.3) is 0 Å². The molecule has 1 heterocycles. The number of benzene rings is 1. The number of carboxylic acid groups (broad SMARTS) is 1. The van der Waals surface area contributed by atoms with Crippen molar-refractivity contribution in [1.29, 1.82) is 0 Å². The van der Waals surface area contributed by atoms with Crippen molar-refractivity contribution in [3.63, 3.8) is 0 Å². The minimum absolute atomic E-state index is 0.200. The Kier molecular flexibility index (Phi) is 4.34. The number of ether oxygens (including phenoxy) is 2. The fourth-order valence-corrected chi connectivity index (χ4v) is 1.47. The van der Waals surface area contributed by atoms with E-state index in [4.69, 9.17) is 14.6 Å². The number of aromatic carboxylic acids is 1. The minimum atomic E-state index is -0.975. The van der Waals surface area contributed by atoms with Crippen LogP contribution in [0.3, 0.4) is 0 Å². The van der Waals surface area contributed by atoms with Crippen molar-refractivity contribution in [1.82, 2.24) is 4.98 Å². The van der Waals surface area contributed by atoms with Gasteiger partial charge in [0.15, 0.2) is 0 Å². The summed E-state index contributed by atoms with van der Waals surface area (Å²) in [5.41, 5.74) is 0.200. The molecule has 2 aromatic rings. The van der Waals surface area contributed by atoms with Crippen molar-refractivity contribution in [3.8, 4) is 11.5 Å². The molecule has 0 aliphatic heterocycles. The van der Waals surface area contributed by atoms with Gasteiger partial charge in [-0.05, 0) is 30.3 Å². The highest BCUT2D eigenvalue weighted by molar-refractivity contribution is 5.87. The zero-order valence-electron chi connectivity index (χ0n) is 10.2. The molecule has 0 aliphatic carbocycles. The molecule has 0 saturated carbocycles. The third-order valence-electron chi connectivity index (χ3n) is 2.34. The summed E-state index contributed by atoms with van der Waals surface area (Å²) in [5, 5.41) is 8.84. The van der Waals surface area contributed by atoms with Crippen molar-refractivity contribution in [3.05, 3.63) is 54.4 Å². The Morgan fingerprint density at radius 2 is 1.84 bits per heavy atom. The molecule has 0 atom stereocenters. The van der Waals surface area contributed by atoms with Gasteiger partial charge in [0.05, 0.1) is 11.8 Å². The van der Waals surface area contributed by atoms with E-state index in [1.807, 2.05) is 0 Å². The zero-order chi connectivity index (χ0) is 13.5. The molecule has 19 heavy (non-hydrogen) atoms. The fourth-order valence-electron chi connectivity index (χ4n) is 1.47. The van der Waals surface area contributed by atoms with E-state index in [1.165, 1.54) is 12.1 Å². The molecule has 1 aromatic heterocycles. The summed E-state index contributed by atoms with van der Waals surface area (Å²) >= 11 is 0. The number of hydrogen-bond donors (Lipinski definition) is 1. The van der Waals surface area contributed by atoms with Gasteiger partial charge in [-0.2, -0.15) is 0 Å². The van der Waals surface area contributed by atoms with Crippen LogP contribution in [0.25, 0.3) is 0 Å². The van der Waals surface area contributed by atoms with Crippen LogP contribution in [0.4, 0.5) is 0 Å². The van der Waals surface area contributed by atoms with E-state index < -0.39 is 5.97 Å². The van der Waals surface area contributed by atoms with Gasteiger partial charge in [0, 0.05) is 6.20 Å². The molecule has 0 bridgehead atoms. The Morgan fingerprint density at radius 3 is 2.53 bits per heavy atom. The van der Waals surface area contributed by atoms with Crippen LogP contribution in [-0.4, -0.2) is 29.3 Å². The predicted molar refractivity (Wildman–Crippen MR) is 68.6 cm³/mol. The second kappa shape index (κ2) is 6.39.